The molecule has 0 spiro atoms. The maximum atomic E-state index is 10.6. The van der Waals surface area contributed by atoms with Gasteiger partial charge < -0.3 is 10.2 Å². The number of hydrogen-bond acceptors (Lipinski definition) is 2. The minimum absolute atomic E-state index is 0.0289. The van der Waals surface area contributed by atoms with Gasteiger partial charge in [-0.3, -0.25) is 4.79 Å². The van der Waals surface area contributed by atoms with Crippen molar-refractivity contribution in [2.45, 2.75) is 38.5 Å². The maximum absolute atomic E-state index is 10.6. The van der Waals surface area contributed by atoms with Gasteiger partial charge >= 0.3 is 11.9 Å². The molecule has 4 nitrogen and oxygen atoms in total. The molecule has 1 saturated carbocycles. The molecule has 1 aromatic rings. The van der Waals surface area contributed by atoms with Gasteiger partial charge in [-0.15, -0.1) is 0 Å². The number of aliphatic carboxylic acids is 2. The summed E-state index contributed by atoms with van der Waals surface area (Å²) in [5.74, 6) is -1.44. The molecule has 2 aliphatic carbocycles. The van der Waals surface area contributed by atoms with Crippen LogP contribution in [0.1, 0.15) is 43.2 Å². The van der Waals surface area contributed by atoms with Crippen LogP contribution in [0.15, 0.2) is 29.8 Å². The summed E-state index contributed by atoms with van der Waals surface area (Å²) in [5.41, 5.74) is 2.63. The Morgan fingerprint density at radius 2 is 1.67 bits per heavy atom. The molecule has 0 saturated heterocycles. The fourth-order valence-electron chi connectivity index (χ4n) is 2.77. The Labute approximate surface area is 124 Å². The van der Waals surface area contributed by atoms with Crippen LogP contribution in [0.25, 0.3) is 6.08 Å². The molecule has 1 fully saturated rings. The standard InChI is InChI=1S/C10H8O2.C7H12O2/c11-10(12)9-5-7-3-1-2-4-8(7)6-9;8-7(9)6-4-2-1-3-5-6/h1-5H,6H2,(H,11,12);6H,1-5H2,(H,8,9). The lowest BCUT2D eigenvalue weighted by molar-refractivity contribution is -0.142. The zero-order chi connectivity index (χ0) is 15.2. The Hall–Kier alpha value is -2.10. The van der Waals surface area contributed by atoms with Crippen LogP contribution in [0.2, 0.25) is 0 Å². The van der Waals surface area contributed by atoms with Gasteiger partial charge in [0.25, 0.3) is 0 Å². The molecule has 2 aliphatic rings. The molecule has 1 aromatic carbocycles. The molecule has 0 aliphatic heterocycles. The molecular formula is C17H20O4. The highest BCUT2D eigenvalue weighted by Crippen LogP contribution is 2.24. The van der Waals surface area contributed by atoms with Crippen LogP contribution in [-0.2, 0) is 16.0 Å². The van der Waals surface area contributed by atoms with Crippen LogP contribution in [-0.4, -0.2) is 22.2 Å². The quantitative estimate of drug-likeness (QED) is 0.875. The summed E-state index contributed by atoms with van der Waals surface area (Å²) < 4.78 is 0. The van der Waals surface area contributed by atoms with Crippen molar-refractivity contribution in [1.82, 2.24) is 0 Å². The zero-order valence-electron chi connectivity index (χ0n) is 11.9. The van der Waals surface area contributed by atoms with Gasteiger partial charge in [-0.25, -0.2) is 4.79 Å². The molecule has 0 heterocycles. The lowest BCUT2D eigenvalue weighted by Gasteiger charge is -2.16. The summed E-state index contributed by atoms with van der Waals surface area (Å²) in [7, 11) is 0. The Bertz CT molecular complexity index is 554. The zero-order valence-corrected chi connectivity index (χ0v) is 11.9. The van der Waals surface area contributed by atoms with Gasteiger partial charge in [-0.1, -0.05) is 43.5 Å². The minimum atomic E-state index is -0.814. The SMILES string of the molecule is O=C(O)C1=Cc2ccccc2C1.O=C(O)C1CCCCC1. The molecule has 2 N–H and O–H groups in total. The third-order valence-corrected chi connectivity index (χ3v) is 3.99. The average molecular weight is 288 g/mol. The number of benzene rings is 1. The van der Waals surface area contributed by atoms with Gasteiger partial charge in [-0.2, -0.15) is 0 Å². The highest BCUT2D eigenvalue weighted by atomic mass is 16.4. The average Bonchev–Trinajstić information content (AvgIpc) is 2.93. The van der Waals surface area contributed by atoms with Crippen molar-refractivity contribution < 1.29 is 19.8 Å². The number of carbonyl (C=O) groups is 2. The second-order valence-corrected chi connectivity index (χ2v) is 5.52. The van der Waals surface area contributed by atoms with Gasteiger partial charge in [0.05, 0.1) is 5.92 Å². The first-order valence-electron chi connectivity index (χ1n) is 7.32. The normalized spacial score (nSPS) is 17.2. The van der Waals surface area contributed by atoms with E-state index in [2.05, 4.69) is 0 Å². The van der Waals surface area contributed by atoms with Crippen LogP contribution in [0.5, 0.6) is 0 Å². The fraction of sp³-hybridized carbons (Fsp3) is 0.412. The van der Waals surface area contributed by atoms with Crippen molar-refractivity contribution in [2.75, 3.05) is 0 Å². The minimum Gasteiger partial charge on any atom is -0.481 e. The van der Waals surface area contributed by atoms with Crippen LogP contribution in [0.4, 0.5) is 0 Å². The molecule has 0 amide bonds. The first-order valence-corrected chi connectivity index (χ1v) is 7.32. The van der Waals surface area contributed by atoms with Crippen molar-refractivity contribution in [1.29, 1.82) is 0 Å². The molecule has 0 aromatic heterocycles. The number of carboxylic acids is 2. The molecule has 112 valence electrons. The van der Waals surface area contributed by atoms with E-state index in [1.165, 1.54) is 6.42 Å². The van der Waals surface area contributed by atoms with Gasteiger partial charge in [-0.05, 0) is 30.0 Å². The largest absolute Gasteiger partial charge is 0.481 e. The van der Waals surface area contributed by atoms with E-state index in [4.69, 9.17) is 10.2 Å². The second-order valence-electron chi connectivity index (χ2n) is 5.52. The molecule has 0 radical (unpaired) electrons. The van der Waals surface area contributed by atoms with Crippen LogP contribution >= 0.6 is 0 Å². The maximum Gasteiger partial charge on any atom is 0.331 e. The monoisotopic (exact) mass is 288 g/mol. The van der Waals surface area contributed by atoms with Gasteiger partial charge in [0.1, 0.15) is 0 Å². The smallest absolute Gasteiger partial charge is 0.331 e. The van der Waals surface area contributed by atoms with Gasteiger partial charge in [0.2, 0.25) is 0 Å². The predicted octanol–water partition coefficient (Wildman–Crippen LogP) is 3.36. The molecule has 3 rings (SSSR count). The number of fused-ring (bicyclic) bond motifs is 1. The second kappa shape index (κ2) is 7.07. The lowest BCUT2D eigenvalue weighted by Crippen LogP contribution is -2.16. The van der Waals surface area contributed by atoms with E-state index in [1.807, 2.05) is 24.3 Å². The third-order valence-electron chi connectivity index (χ3n) is 3.99. The van der Waals surface area contributed by atoms with E-state index in [-0.39, 0.29) is 5.92 Å². The molecule has 0 bridgehead atoms. The Morgan fingerprint density at radius 1 is 1.00 bits per heavy atom. The van der Waals surface area contributed by atoms with Crippen molar-refractivity contribution >= 4 is 18.0 Å². The Balaban J connectivity index is 0.000000161. The van der Waals surface area contributed by atoms with Crippen LogP contribution in [0, 0.1) is 5.92 Å². The third kappa shape index (κ3) is 4.18. The predicted molar refractivity (Wildman–Crippen MR) is 80.0 cm³/mol. The topological polar surface area (TPSA) is 74.6 Å². The van der Waals surface area contributed by atoms with Crippen LogP contribution < -0.4 is 0 Å². The van der Waals surface area contributed by atoms with E-state index < -0.39 is 11.9 Å². The van der Waals surface area contributed by atoms with Crippen molar-refractivity contribution in [3.8, 4) is 0 Å². The van der Waals surface area contributed by atoms with E-state index in [9.17, 15) is 9.59 Å². The molecule has 0 atom stereocenters. The molecule has 4 heteroatoms. The van der Waals surface area contributed by atoms with Gasteiger partial charge in [0, 0.05) is 12.0 Å². The summed E-state index contributed by atoms with van der Waals surface area (Å²) in [5, 5.41) is 17.3. The first kappa shape index (κ1) is 15.3. The van der Waals surface area contributed by atoms with Crippen LogP contribution in [0.3, 0.4) is 0 Å². The summed E-state index contributed by atoms with van der Waals surface area (Å²) in [6.45, 7) is 0. The van der Waals surface area contributed by atoms with Gasteiger partial charge in [0.15, 0.2) is 0 Å². The fourth-order valence-corrected chi connectivity index (χ4v) is 2.77. The highest BCUT2D eigenvalue weighted by molar-refractivity contribution is 5.95. The Morgan fingerprint density at radius 3 is 2.19 bits per heavy atom. The van der Waals surface area contributed by atoms with Crippen molar-refractivity contribution in [2.24, 2.45) is 5.92 Å². The van der Waals surface area contributed by atoms with Crippen molar-refractivity contribution in [3.63, 3.8) is 0 Å². The molecule has 0 unspecified atom stereocenters. The van der Waals surface area contributed by atoms with E-state index >= 15 is 0 Å². The summed E-state index contributed by atoms with van der Waals surface area (Å²) in [6.07, 6.45) is 7.53. The summed E-state index contributed by atoms with van der Waals surface area (Å²) in [6, 6.07) is 7.74. The number of hydrogen-bond donors (Lipinski definition) is 2. The summed E-state index contributed by atoms with van der Waals surface area (Å²) in [4.78, 5) is 21.0. The highest BCUT2D eigenvalue weighted by Gasteiger charge is 2.19. The van der Waals surface area contributed by atoms with Crippen molar-refractivity contribution in [3.05, 3.63) is 41.0 Å². The molecular weight excluding hydrogens is 268 g/mol. The molecule has 21 heavy (non-hydrogen) atoms. The number of rotatable bonds is 2. The van der Waals surface area contributed by atoms with E-state index in [0.717, 1.165) is 36.8 Å². The number of carboxylic acid groups (broad SMARTS) is 2. The first-order chi connectivity index (χ1) is 10.1. The van der Waals surface area contributed by atoms with E-state index in [1.54, 1.807) is 6.08 Å². The van der Waals surface area contributed by atoms with E-state index in [0.29, 0.717) is 12.0 Å². The summed E-state index contributed by atoms with van der Waals surface area (Å²) >= 11 is 0. The lowest BCUT2D eigenvalue weighted by atomic mass is 9.90. The Kier molecular flexibility index (Phi) is 5.14.